The lowest BCUT2D eigenvalue weighted by molar-refractivity contribution is -0.141. The van der Waals surface area contributed by atoms with Crippen molar-refractivity contribution in [1.82, 2.24) is 10.2 Å². The quantitative estimate of drug-likeness (QED) is 0.319. The zero-order valence-electron chi connectivity index (χ0n) is 20.8. The molecule has 0 spiro atoms. The van der Waals surface area contributed by atoms with Gasteiger partial charge in [0, 0.05) is 31.0 Å². The number of carbonyl (C=O) groups is 2. The molecule has 0 heterocycles. The van der Waals surface area contributed by atoms with E-state index in [0.29, 0.717) is 43.3 Å². The topological polar surface area (TPSA) is 67.9 Å². The molecule has 0 aromatic heterocycles. The number of likely N-dealkylation sites (N-methyl/N-ethyl adjacent to an activating group) is 1. The van der Waals surface area contributed by atoms with Gasteiger partial charge in [-0.1, -0.05) is 54.1 Å². The van der Waals surface area contributed by atoms with E-state index >= 15 is 0 Å². The molecule has 0 saturated carbocycles. The fourth-order valence-corrected chi connectivity index (χ4v) is 3.99. The third-order valence-corrected chi connectivity index (χ3v) is 6.00. The van der Waals surface area contributed by atoms with E-state index < -0.39 is 6.04 Å². The highest BCUT2D eigenvalue weighted by Crippen LogP contribution is 2.19. The standard InChI is InChI=1S/C29H33ClN2O4/c1-3-31-29(34)27(20-22-8-5-4-6-9-22)32(21-23-11-13-24(30)14-12-23)28(33)10-7-19-36-26-17-15-25(35-2)16-18-26/h4-6,8-9,11-18,27H,3,7,10,19-21H2,1-2H3,(H,31,34)/t27-/m1/s1. The van der Waals surface area contributed by atoms with Crippen molar-refractivity contribution in [3.63, 3.8) is 0 Å². The number of ether oxygens (including phenoxy) is 2. The molecular formula is C29H33ClN2O4. The summed E-state index contributed by atoms with van der Waals surface area (Å²) in [5.41, 5.74) is 1.90. The molecule has 36 heavy (non-hydrogen) atoms. The summed E-state index contributed by atoms with van der Waals surface area (Å²) in [5, 5.41) is 3.53. The van der Waals surface area contributed by atoms with Gasteiger partial charge in [-0.2, -0.15) is 0 Å². The van der Waals surface area contributed by atoms with Crippen LogP contribution in [-0.4, -0.2) is 43.0 Å². The summed E-state index contributed by atoms with van der Waals surface area (Å²) < 4.78 is 11.0. The van der Waals surface area contributed by atoms with Crippen molar-refractivity contribution < 1.29 is 19.1 Å². The predicted octanol–water partition coefficient (Wildman–Crippen LogP) is 5.28. The number of halogens is 1. The van der Waals surface area contributed by atoms with E-state index in [1.54, 1.807) is 24.1 Å². The maximum Gasteiger partial charge on any atom is 0.243 e. The Balaban J connectivity index is 1.73. The first-order chi connectivity index (χ1) is 17.5. The Labute approximate surface area is 218 Å². The van der Waals surface area contributed by atoms with E-state index in [9.17, 15) is 9.59 Å². The van der Waals surface area contributed by atoms with Gasteiger partial charge in [0.2, 0.25) is 11.8 Å². The SMILES string of the molecule is CCNC(=O)[C@@H](Cc1ccccc1)N(Cc1ccc(Cl)cc1)C(=O)CCCOc1ccc(OC)cc1. The summed E-state index contributed by atoms with van der Waals surface area (Å²) in [5.74, 6) is 1.20. The molecule has 1 N–H and O–H groups in total. The van der Waals surface area contributed by atoms with E-state index in [-0.39, 0.29) is 18.2 Å². The monoisotopic (exact) mass is 508 g/mol. The van der Waals surface area contributed by atoms with Crippen LogP contribution in [0.5, 0.6) is 11.5 Å². The Hall–Kier alpha value is -3.51. The van der Waals surface area contributed by atoms with Gasteiger partial charge in [0.25, 0.3) is 0 Å². The minimum Gasteiger partial charge on any atom is -0.497 e. The number of methoxy groups -OCH3 is 1. The molecule has 0 aliphatic heterocycles. The van der Waals surface area contributed by atoms with Crippen molar-refractivity contribution in [2.45, 2.75) is 38.8 Å². The molecule has 1 atom stereocenters. The normalized spacial score (nSPS) is 11.4. The van der Waals surface area contributed by atoms with Crippen LogP contribution in [0.3, 0.4) is 0 Å². The summed E-state index contributed by atoms with van der Waals surface area (Å²) in [6.07, 6.45) is 1.21. The van der Waals surface area contributed by atoms with Crippen LogP contribution in [0.25, 0.3) is 0 Å². The van der Waals surface area contributed by atoms with Crippen molar-refractivity contribution in [2.24, 2.45) is 0 Å². The molecule has 0 saturated heterocycles. The van der Waals surface area contributed by atoms with E-state index in [1.165, 1.54) is 0 Å². The van der Waals surface area contributed by atoms with E-state index in [0.717, 1.165) is 16.9 Å². The Bertz CT molecular complexity index is 1090. The lowest BCUT2D eigenvalue weighted by Gasteiger charge is -2.31. The van der Waals surface area contributed by atoms with Crippen LogP contribution >= 0.6 is 11.6 Å². The molecule has 0 fully saturated rings. The number of nitrogens with one attached hydrogen (secondary N) is 1. The zero-order valence-corrected chi connectivity index (χ0v) is 21.5. The molecule has 190 valence electrons. The number of amides is 2. The highest BCUT2D eigenvalue weighted by Gasteiger charge is 2.29. The number of hydrogen-bond acceptors (Lipinski definition) is 4. The maximum atomic E-state index is 13.5. The number of nitrogens with zero attached hydrogens (tertiary/aromatic N) is 1. The minimum atomic E-state index is -0.641. The summed E-state index contributed by atoms with van der Waals surface area (Å²) in [6, 6.07) is 23.8. The van der Waals surface area contributed by atoms with E-state index in [2.05, 4.69) is 5.32 Å². The zero-order chi connectivity index (χ0) is 25.8. The molecule has 6 nitrogen and oxygen atoms in total. The molecule has 2 amide bonds. The average Bonchev–Trinajstić information content (AvgIpc) is 2.90. The van der Waals surface area contributed by atoms with Crippen LogP contribution in [0.2, 0.25) is 5.02 Å². The molecule has 3 aromatic rings. The summed E-state index contributed by atoms with van der Waals surface area (Å²) in [6.45, 7) is 3.06. The molecule has 0 aliphatic rings. The van der Waals surface area contributed by atoms with Crippen molar-refractivity contribution >= 4 is 23.4 Å². The Kier molecular flexibility index (Phi) is 10.6. The first kappa shape index (κ1) is 27.1. The van der Waals surface area contributed by atoms with Gasteiger partial charge in [-0.15, -0.1) is 0 Å². The molecule has 0 radical (unpaired) electrons. The number of carbonyl (C=O) groups excluding carboxylic acids is 2. The van der Waals surface area contributed by atoms with Crippen molar-refractivity contribution in [3.05, 3.63) is 95.0 Å². The van der Waals surface area contributed by atoms with Crippen molar-refractivity contribution in [2.75, 3.05) is 20.3 Å². The third kappa shape index (κ3) is 8.31. The van der Waals surface area contributed by atoms with Crippen LogP contribution < -0.4 is 14.8 Å². The van der Waals surface area contributed by atoms with Gasteiger partial charge < -0.3 is 19.7 Å². The molecule has 3 rings (SSSR count). The molecule has 0 unspecified atom stereocenters. The Morgan fingerprint density at radius 1 is 0.917 bits per heavy atom. The summed E-state index contributed by atoms with van der Waals surface area (Å²) >= 11 is 6.06. The summed E-state index contributed by atoms with van der Waals surface area (Å²) in [7, 11) is 1.61. The van der Waals surface area contributed by atoms with Gasteiger partial charge in [0.15, 0.2) is 0 Å². The minimum absolute atomic E-state index is 0.101. The first-order valence-corrected chi connectivity index (χ1v) is 12.5. The number of rotatable bonds is 13. The van der Waals surface area contributed by atoms with Gasteiger partial charge in [-0.25, -0.2) is 0 Å². The third-order valence-electron chi connectivity index (χ3n) is 5.75. The van der Waals surface area contributed by atoms with Crippen LogP contribution in [0, 0.1) is 0 Å². The average molecular weight is 509 g/mol. The van der Waals surface area contributed by atoms with Gasteiger partial charge in [-0.3, -0.25) is 9.59 Å². The molecule has 0 bridgehead atoms. The maximum absolute atomic E-state index is 13.5. The van der Waals surface area contributed by atoms with Crippen molar-refractivity contribution in [3.8, 4) is 11.5 Å². The lowest BCUT2D eigenvalue weighted by atomic mass is 10.0. The fourth-order valence-electron chi connectivity index (χ4n) is 3.86. The molecule has 3 aromatic carbocycles. The largest absolute Gasteiger partial charge is 0.497 e. The lowest BCUT2D eigenvalue weighted by Crippen LogP contribution is -2.50. The van der Waals surface area contributed by atoms with Gasteiger partial charge in [0.05, 0.1) is 13.7 Å². The van der Waals surface area contributed by atoms with Gasteiger partial charge in [-0.05, 0) is 60.9 Å². The Morgan fingerprint density at radius 2 is 1.58 bits per heavy atom. The first-order valence-electron chi connectivity index (χ1n) is 12.1. The van der Waals surface area contributed by atoms with Gasteiger partial charge >= 0.3 is 0 Å². The van der Waals surface area contributed by atoms with Crippen LogP contribution in [0.1, 0.15) is 30.9 Å². The second-order valence-electron chi connectivity index (χ2n) is 8.38. The second kappa shape index (κ2) is 14.1. The molecular weight excluding hydrogens is 476 g/mol. The van der Waals surface area contributed by atoms with E-state index in [1.807, 2.05) is 73.7 Å². The number of hydrogen-bond donors (Lipinski definition) is 1. The Morgan fingerprint density at radius 3 is 2.22 bits per heavy atom. The molecule has 7 heteroatoms. The fraction of sp³-hybridized carbons (Fsp3) is 0.310. The highest BCUT2D eigenvalue weighted by molar-refractivity contribution is 6.30. The van der Waals surface area contributed by atoms with Gasteiger partial charge in [0.1, 0.15) is 17.5 Å². The van der Waals surface area contributed by atoms with Crippen LogP contribution in [-0.2, 0) is 22.6 Å². The van der Waals surface area contributed by atoms with E-state index in [4.69, 9.17) is 21.1 Å². The second-order valence-corrected chi connectivity index (χ2v) is 8.81. The highest BCUT2D eigenvalue weighted by atomic mass is 35.5. The van der Waals surface area contributed by atoms with Crippen LogP contribution in [0.4, 0.5) is 0 Å². The predicted molar refractivity (Wildman–Crippen MR) is 142 cm³/mol. The molecule has 0 aliphatic carbocycles. The van der Waals surface area contributed by atoms with Crippen LogP contribution in [0.15, 0.2) is 78.9 Å². The number of benzene rings is 3. The summed E-state index contributed by atoms with van der Waals surface area (Å²) in [4.78, 5) is 28.3. The smallest absolute Gasteiger partial charge is 0.243 e. The van der Waals surface area contributed by atoms with Crippen molar-refractivity contribution in [1.29, 1.82) is 0 Å².